The Morgan fingerprint density at radius 3 is 2.89 bits per heavy atom. The normalized spacial score (nSPS) is 10.5. The van der Waals surface area contributed by atoms with Crippen molar-refractivity contribution in [3.05, 3.63) is 50.4 Å². The number of aromatic amines is 1. The largest absolute Gasteiger partial charge is 0.476 e. The predicted octanol–water partition coefficient (Wildman–Crippen LogP) is -0.590. The molecular formula is C9H6FN3O5. The van der Waals surface area contributed by atoms with Crippen LogP contribution in [0.5, 0.6) is 0 Å². The van der Waals surface area contributed by atoms with Crippen molar-refractivity contribution >= 4 is 5.97 Å². The summed E-state index contributed by atoms with van der Waals surface area (Å²) in [5, 5.41) is 11.8. The lowest BCUT2D eigenvalue weighted by Crippen LogP contribution is -2.31. The molecule has 94 valence electrons. The molecule has 2 N–H and O–H groups in total. The smallest absolute Gasteiger partial charge is 0.358 e. The van der Waals surface area contributed by atoms with E-state index in [0.29, 0.717) is 6.20 Å². The van der Waals surface area contributed by atoms with Crippen molar-refractivity contribution in [1.29, 1.82) is 0 Å². The van der Waals surface area contributed by atoms with Crippen molar-refractivity contribution < 1.29 is 18.8 Å². The molecule has 0 saturated heterocycles. The number of carbonyl (C=O) groups is 1. The molecule has 0 bridgehead atoms. The van der Waals surface area contributed by atoms with Crippen LogP contribution in [0.4, 0.5) is 4.39 Å². The number of nitrogens with zero attached hydrogens (tertiary/aromatic N) is 2. The van der Waals surface area contributed by atoms with E-state index in [4.69, 9.17) is 5.11 Å². The van der Waals surface area contributed by atoms with E-state index < -0.39 is 23.0 Å². The highest BCUT2D eigenvalue weighted by atomic mass is 19.1. The molecule has 0 spiro atoms. The topological polar surface area (TPSA) is 118 Å². The van der Waals surface area contributed by atoms with Crippen molar-refractivity contribution in [2.75, 3.05) is 0 Å². The Hall–Kier alpha value is -2.71. The summed E-state index contributed by atoms with van der Waals surface area (Å²) in [7, 11) is 0. The fourth-order valence-corrected chi connectivity index (χ4v) is 1.26. The van der Waals surface area contributed by atoms with Gasteiger partial charge in [0.05, 0.1) is 12.7 Å². The lowest BCUT2D eigenvalue weighted by atomic mass is 10.3. The third-order valence-electron chi connectivity index (χ3n) is 2.07. The van der Waals surface area contributed by atoms with Gasteiger partial charge >= 0.3 is 11.7 Å². The van der Waals surface area contributed by atoms with Gasteiger partial charge in [-0.1, -0.05) is 5.16 Å². The highest BCUT2D eigenvalue weighted by Crippen LogP contribution is 2.04. The Kier molecular flexibility index (Phi) is 2.80. The van der Waals surface area contributed by atoms with Gasteiger partial charge in [0.15, 0.2) is 11.5 Å². The zero-order valence-corrected chi connectivity index (χ0v) is 8.71. The zero-order valence-electron chi connectivity index (χ0n) is 8.71. The first-order valence-electron chi connectivity index (χ1n) is 4.65. The Labute approximate surface area is 97.3 Å². The quantitative estimate of drug-likeness (QED) is 0.756. The van der Waals surface area contributed by atoms with Crippen LogP contribution in [0.1, 0.15) is 16.2 Å². The maximum Gasteiger partial charge on any atom is 0.358 e. The predicted molar refractivity (Wildman–Crippen MR) is 53.8 cm³/mol. The minimum Gasteiger partial charge on any atom is -0.476 e. The van der Waals surface area contributed by atoms with Crippen LogP contribution in [0.25, 0.3) is 0 Å². The van der Waals surface area contributed by atoms with Gasteiger partial charge in [0, 0.05) is 6.07 Å². The maximum atomic E-state index is 13.0. The molecule has 0 aliphatic rings. The summed E-state index contributed by atoms with van der Waals surface area (Å²) in [4.78, 5) is 34.4. The summed E-state index contributed by atoms with van der Waals surface area (Å²) in [6.45, 7) is -0.243. The van der Waals surface area contributed by atoms with E-state index in [-0.39, 0.29) is 18.0 Å². The van der Waals surface area contributed by atoms with Gasteiger partial charge in [-0.05, 0) is 0 Å². The molecule has 0 aliphatic heterocycles. The van der Waals surface area contributed by atoms with Crippen LogP contribution in [-0.4, -0.2) is 25.8 Å². The molecule has 0 atom stereocenters. The molecule has 0 unspecified atom stereocenters. The third-order valence-corrected chi connectivity index (χ3v) is 2.07. The van der Waals surface area contributed by atoms with Crippen LogP contribution in [0.15, 0.2) is 26.4 Å². The molecule has 2 aromatic heterocycles. The molecule has 2 aromatic rings. The Bertz CT molecular complexity index is 713. The fourth-order valence-electron chi connectivity index (χ4n) is 1.26. The van der Waals surface area contributed by atoms with Gasteiger partial charge in [0.25, 0.3) is 5.56 Å². The van der Waals surface area contributed by atoms with Gasteiger partial charge in [-0.2, -0.15) is 4.39 Å². The van der Waals surface area contributed by atoms with Crippen LogP contribution < -0.4 is 11.2 Å². The van der Waals surface area contributed by atoms with Crippen LogP contribution in [0.2, 0.25) is 0 Å². The summed E-state index contributed by atoms with van der Waals surface area (Å²) in [5.74, 6) is -2.38. The highest BCUT2D eigenvalue weighted by Gasteiger charge is 2.12. The first-order valence-corrected chi connectivity index (χ1v) is 4.65. The number of aromatic nitrogens is 3. The number of rotatable bonds is 3. The molecule has 0 amide bonds. The highest BCUT2D eigenvalue weighted by molar-refractivity contribution is 5.85. The van der Waals surface area contributed by atoms with Crippen LogP contribution >= 0.6 is 0 Å². The summed E-state index contributed by atoms with van der Waals surface area (Å²) in [6, 6.07) is 1.10. The maximum absolute atomic E-state index is 13.0. The monoisotopic (exact) mass is 255 g/mol. The van der Waals surface area contributed by atoms with E-state index in [9.17, 15) is 18.8 Å². The summed E-state index contributed by atoms with van der Waals surface area (Å²) < 4.78 is 18.4. The van der Waals surface area contributed by atoms with Crippen LogP contribution in [0.3, 0.4) is 0 Å². The van der Waals surface area contributed by atoms with Crippen LogP contribution in [-0.2, 0) is 6.54 Å². The SMILES string of the molecule is O=C(O)c1cc(Cn2cc(F)c(=O)[nH]c2=O)on1. The zero-order chi connectivity index (χ0) is 13.3. The third kappa shape index (κ3) is 2.19. The number of hydrogen-bond acceptors (Lipinski definition) is 5. The first-order chi connectivity index (χ1) is 8.47. The van der Waals surface area contributed by atoms with E-state index in [2.05, 4.69) is 9.68 Å². The number of hydrogen-bond donors (Lipinski definition) is 2. The second-order valence-corrected chi connectivity index (χ2v) is 3.35. The first kappa shape index (κ1) is 11.8. The molecule has 2 heterocycles. The minimum absolute atomic E-state index is 0.0425. The number of nitrogens with one attached hydrogen (secondary N) is 1. The Balaban J connectivity index is 2.34. The Morgan fingerprint density at radius 1 is 1.56 bits per heavy atom. The van der Waals surface area contributed by atoms with Crippen molar-refractivity contribution in [2.45, 2.75) is 6.54 Å². The number of halogens is 1. The summed E-state index contributed by atoms with van der Waals surface area (Å²) >= 11 is 0. The average Bonchev–Trinajstić information content (AvgIpc) is 2.74. The van der Waals surface area contributed by atoms with E-state index in [0.717, 1.165) is 10.6 Å². The standard InChI is InChI=1S/C9H6FN3O5/c10-5-3-13(9(17)11-7(5)14)2-4-1-6(8(15)16)12-18-4/h1,3H,2H2,(H,15,16)(H,11,14,17). The second kappa shape index (κ2) is 4.28. The second-order valence-electron chi connectivity index (χ2n) is 3.35. The molecule has 0 saturated carbocycles. The molecule has 0 fully saturated rings. The van der Waals surface area contributed by atoms with Gasteiger partial charge in [-0.25, -0.2) is 9.59 Å². The van der Waals surface area contributed by atoms with Crippen molar-refractivity contribution in [2.24, 2.45) is 0 Å². The molecular weight excluding hydrogens is 249 g/mol. The molecule has 18 heavy (non-hydrogen) atoms. The van der Waals surface area contributed by atoms with Crippen molar-refractivity contribution in [3.63, 3.8) is 0 Å². The van der Waals surface area contributed by atoms with E-state index >= 15 is 0 Å². The Morgan fingerprint density at radius 2 is 2.28 bits per heavy atom. The summed E-state index contributed by atoms with van der Waals surface area (Å²) in [5.41, 5.74) is -2.29. The lowest BCUT2D eigenvalue weighted by molar-refractivity contribution is 0.0685. The van der Waals surface area contributed by atoms with Gasteiger partial charge in [0.2, 0.25) is 5.82 Å². The number of carboxylic acids is 1. The van der Waals surface area contributed by atoms with Gasteiger partial charge in [0.1, 0.15) is 0 Å². The van der Waals surface area contributed by atoms with E-state index in [1.54, 1.807) is 4.98 Å². The average molecular weight is 255 g/mol. The van der Waals surface area contributed by atoms with E-state index in [1.165, 1.54) is 0 Å². The van der Waals surface area contributed by atoms with E-state index in [1.807, 2.05) is 0 Å². The fraction of sp³-hybridized carbons (Fsp3) is 0.111. The van der Waals surface area contributed by atoms with Gasteiger partial charge in [-0.3, -0.25) is 14.3 Å². The van der Waals surface area contributed by atoms with Crippen molar-refractivity contribution in [3.8, 4) is 0 Å². The molecule has 8 nitrogen and oxygen atoms in total. The van der Waals surface area contributed by atoms with Crippen molar-refractivity contribution in [1.82, 2.24) is 14.7 Å². The minimum atomic E-state index is -1.29. The molecule has 0 radical (unpaired) electrons. The number of aromatic carboxylic acids is 1. The van der Waals surface area contributed by atoms with Crippen LogP contribution in [0, 0.1) is 5.82 Å². The molecule has 0 aromatic carbocycles. The lowest BCUT2D eigenvalue weighted by Gasteiger charge is -2.00. The molecule has 0 aliphatic carbocycles. The van der Waals surface area contributed by atoms with Gasteiger partial charge < -0.3 is 9.63 Å². The summed E-state index contributed by atoms with van der Waals surface area (Å²) in [6.07, 6.45) is 0.699. The van der Waals surface area contributed by atoms with Gasteiger partial charge in [-0.15, -0.1) is 0 Å². The molecule has 2 rings (SSSR count). The molecule has 9 heteroatoms. The number of H-pyrrole nitrogens is 1. The number of carboxylic acid groups (broad SMARTS) is 1.